The van der Waals surface area contributed by atoms with E-state index in [2.05, 4.69) is 10.1 Å². The van der Waals surface area contributed by atoms with Crippen molar-refractivity contribution in [1.29, 1.82) is 0 Å². The van der Waals surface area contributed by atoms with E-state index < -0.39 is 11.6 Å². The van der Waals surface area contributed by atoms with Gasteiger partial charge in [0.05, 0.1) is 11.3 Å². The summed E-state index contributed by atoms with van der Waals surface area (Å²) in [7, 11) is 0. The second kappa shape index (κ2) is 4.04. The first-order valence-corrected chi connectivity index (χ1v) is 5.71. The van der Waals surface area contributed by atoms with E-state index in [1.807, 2.05) is 0 Å². The molecule has 18 heavy (non-hydrogen) atoms. The van der Waals surface area contributed by atoms with Crippen LogP contribution in [0.5, 0.6) is 0 Å². The van der Waals surface area contributed by atoms with Gasteiger partial charge in [-0.2, -0.15) is 4.98 Å². The molecule has 1 saturated carbocycles. The van der Waals surface area contributed by atoms with Crippen LogP contribution in [0, 0.1) is 17.6 Å². The highest BCUT2D eigenvalue weighted by atomic mass is 19.1. The lowest BCUT2D eigenvalue weighted by atomic mass is 10.2. The molecule has 2 aromatic rings. The maximum Gasteiger partial charge on any atom is 0.260 e. The number of hydrogen-bond acceptors (Lipinski definition) is 4. The molecule has 94 valence electrons. The molecule has 1 aromatic carbocycles. The van der Waals surface area contributed by atoms with E-state index in [1.165, 1.54) is 18.9 Å². The molecule has 0 spiro atoms. The molecule has 0 saturated heterocycles. The van der Waals surface area contributed by atoms with Gasteiger partial charge in [0.15, 0.2) is 5.82 Å². The first kappa shape index (κ1) is 11.1. The Labute approximate surface area is 102 Å². The van der Waals surface area contributed by atoms with Gasteiger partial charge in [-0.25, -0.2) is 8.78 Å². The Morgan fingerprint density at radius 3 is 2.78 bits per heavy atom. The minimum Gasteiger partial charge on any atom is -0.396 e. The van der Waals surface area contributed by atoms with Crippen LogP contribution in [-0.4, -0.2) is 10.1 Å². The molecule has 2 N–H and O–H groups in total. The Bertz CT molecular complexity index is 593. The maximum absolute atomic E-state index is 13.6. The highest BCUT2D eigenvalue weighted by Crippen LogP contribution is 2.32. The first-order chi connectivity index (χ1) is 8.63. The molecule has 1 fully saturated rings. The minimum absolute atomic E-state index is 0.0310. The van der Waals surface area contributed by atoms with Crippen molar-refractivity contribution in [2.24, 2.45) is 5.92 Å². The van der Waals surface area contributed by atoms with Crippen LogP contribution in [0.2, 0.25) is 0 Å². The molecule has 6 heteroatoms. The van der Waals surface area contributed by atoms with E-state index in [1.54, 1.807) is 0 Å². The normalized spacial score (nSPS) is 15.0. The zero-order valence-electron chi connectivity index (χ0n) is 9.49. The molecule has 0 bridgehead atoms. The molecule has 1 aliphatic rings. The number of nitrogen functional groups attached to an aromatic ring is 1. The highest BCUT2D eigenvalue weighted by Gasteiger charge is 2.24. The summed E-state index contributed by atoms with van der Waals surface area (Å²) in [6.45, 7) is 0. The minimum atomic E-state index is -0.797. The predicted molar refractivity (Wildman–Crippen MR) is 60.5 cm³/mol. The Hall–Kier alpha value is -1.98. The summed E-state index contributed by atoms with van der Waals surface area (Å²) in [6, 6.07) is 1.88. The van der Waals surface area contributed by atoms with Gasteiger partial charge < -0.3 is 10.3 Å². The van der Waals surface area contributed by atoms with E-state index >= 15 is 0 Å². The number of nitrogens with zero attached hydrogens (tertiary/aromatic N) is 2. The summed E-state index contributed by atoms with van der Waals surface area (Å²) in [5, 5.41) is 3.78. The van der Waals surface area contributed by atoms with Crippen LogP contribution in [0.4, 0.5) is 14.5 Å². The molecule has 1 aromatic heterocycles. The predicted octanol–water partition coefficient (Wildman–Crippen LogP) is 2.55. The fourth-order valence-electron chi connectivity index (χ4n) is 1.76. The summed E-state index contributed by atoms with van der Waals surface area (Å²) in [6.07, 6.45) is 3.07. The molecule has 0 atom stereocenters. The van der Waals surface area contributed by atoms with Crippen LogP contribution in [0.25, 0.3) is 11.5 Å². The van der Waals surface area contributed by atoms with E-state index in [-0.39, 0.29) is 17.1 Å². The maximum atomic E-state index is 13.6. The second-order valence-electron chi connectivity index (χ2n) is 4.52. The van der Waals surface area contributed by atoms with Gasteiger partial charge in [0.1, 0.15) is 11.6 Å². The van der Waals surface area contributed by atoms with Crippen LogP contribution < -0.4 is 5.73 Å². The van der Waals surface area contributed by atoms with Gasteiger partial charge in [-0.1, -0.05) is 5.16 Å². The van der Waals surface area contributed by atoms with Crippen LogP contribution in [0.1, 0.15) is 18.7 Å². The zero-order chi connectivity index (χ0) is 12.7. The van der Waals surface area contributed by atoms with Crippen LogP contribution in [-0.2, 0) is 6.42 Å². The van der Waals surface area contributed by atoms with E-state index in [4.69, 9.17) is 10.3 Å². The molecule has 0 amide bonds. The van der Waals surface area contributed by atoms with Crippen molar-refractivity contribution >= 4 is 5.69 Å². The quantitative estimate of drug-likeness (QED) is 0.851. The Morgan fingerprint density at radius 1 is 1.28 bits per heavy atom. The van der Waals surface area contributed by atoms with Gasteiger partial charge >= 0.3 is 0 Å². The van der Waals surface area contributed by atoms with Crippen molar-refractivity contribution in [2.45, 2.75) is 19.3 Å². The third kappa shape index (κ3) is 2.05. The summed E-state index contributed by atoms with van der Waals surface area (Å²) in [4.78, 5) is 4.10. The fourth-order valence-corrected chi connectivity index (χ4v) is 1.76. The summed E-state index contributed by atoms with van der Waals surface area (Å²) < 4.78 is 31.6. The molecule has 1 aliphatic carbocycles. The highest BCUT2D eigenvalue weighted by molar-refractivity contribution is 5.61. The molecule has 0 radical (unpaired) electrons. The number of nitrogens with two attached hydrogens (primary N) is 1. The average Bonchev–Trinajstić information content (AvgIpc) is 3.01. The molecular formula is C12H11F2N3O. The lowest BCUT2D eigenvalue weighted by molar-refractivity contribution is 0.418. The summed E-state index contributed by atoms with van der Waals surface area (Å²) in [5.74, 6) is -0.361. The Kier molecular flexibility index (Phi) is 2.50. The Morgan fingerprint density at radius 2 is 2.06 bits per heavy atom. The van der Waals surface area contributed by atoms with Crippen LogP contribution in [0.15, 0.2) is 16.7 Å². The lowest BCUT2D eigenvalue weighted by Gasteiger charge is -2.00. The van der Waals surface area contributed by atoms with Crippen molar-refractivity contribution in [3.63, 3.8) is 0 Å². The number of halogens is 2. The molecule has 4 nitrogen and oxygen atoms in total. The number of aromatic nitrogens is 2. The second-order valence-corrected chi connectivity index (χ2v) is 4.52. The zero-order valence-corrected chi connectivity index (χ0v) is 9.49. The largest absolute Gasteiger partial charge is 0.396 e. The first-order valence-electron chi connectivity index (χ1n) is 5.71. The molecule has 3 rings (SSSR count). The van der Waals surface area contributed by atoms with E-state index in [0.717, 1.165) is 12.5 Å². The van der Waals surface area contributed by atoms with E-state index in [0.29, 0.717) is 11.7 Å². The van der Waals surface area contributed by atoms with Crippen molar-refractivity contribution in [1.82, 2.24) is 10.1 Å². The van der Waals surface area contributed by atoms with Gasteiger partial charge in [-0.3, -0.25) is 0 Å². The van der Waals surface area contributed by atoms with Crippen molar-refractivity contribution in [2.75, 3.05) is 5.73 Å². The third-order valence-electron chi connectivity index (χ3n) is 2.95. The van der Waals surface area contributed by atoms with Crippen molar-refractivity contribution in [3.8, 4) is 11.5 Å². The fraction of sp³-hybridized carbons (Fsp3) is 0.333. The van der Waals surface area contributed by atoms with Crippen LogP contribution in [0.3, 0.4) is 0 Å². The topological polar surface area (TPSA) is 64.9 Å². The standard InChI is InChI=1S/C12H11F2N3O/c13-8-5-9(14)10(15)4-7(8)12-16-11(17-18-12)3-6-1-2-6/h4-6H,1-3,15H2. The molecule has 0 unspecified atom stereocenters. The number of hydrogen-bond donors (Lipinski definition) is 1. The molecule has 0 aliphatic heterocycles. The van der Waals surface area contributed by atoms with Gasteiger partial charge in [0.25, 0.3) is 5.89 Å². The van der Waals surface area contributed by atoms with Crippen molar-refractivity contribution in [3.05, 3.63) is 29.6 Å². The molecular weight excluding hydrogens is 240 g/mol. The van der Waals surface area contributed by atoms with Gasteiger partial charge in [-0.15, -0.1) is 0 Å². The SMILES string of the molecule is Nc1cc(-c2nc(CC3CC3)no2)c(F)cc1F. The average molecular weight is 251 g/mol. The molecule has 1 heterocycles. The number of rotatable bonds is 3. The lowest BCUT2D eigenvalue weighted by Crippen LogP contribution is -1.95. The van der Waals surface area contributed by atoms with Gasteiger partial charge in [0, 0.05) is 12.5 Å². The van der Waals surface area contributed by atoms with Gasteiger partial charge in [0.2, 0.25) is 0 Å². The summed E-state index contributed by atoms with van der Waals surface area (Å²) in [5.41, 5.74) is 5.28. The van der Waals surface area contributed by atoms with Crippen LogP contribution >= 0.6 is 0 Å². The smallest absolute Gasteiger partial charge is 0.260 e. The Balaban J connectivity index is 1.93. The van der Waals surface area contributed by atoms with Gasteiger partial charge in [-0.05, 0) is 24.8 Å². The number of anilines is 1. The summed E-state index contributed by atoms with van der Waals surface area (Å²) >= 11 is 0. The van der Waals surface area contributed by atoms with Crippen molar-refractivity contribution < 1.29 is 13.3 Å². The van der Waals surface area contributed by atoms with E-state index in [9.17, 15) is 8.78 Å². The third-order valence-corrected chi connectivity index (χ3v) is 2.95. The monoisotopic (exact) mass is 251 g/mol. The number of benzene rings is 1.